The van der Waals surface area contributed by atoms with Crippen molar-refractivity contribution in [3.05, 3.63) is 0 Å². The summed E-state index contributed by atoms with van der Waals surface area (Å²) in [5.74, 6) is -2.89. The summed E-state index contributed by atoms with van der Waals surface area (Å²) in [6.07, 6.45) is 3.71. The van der Waals surface area contributed by atoms with Gasteiger partial charge in [0, 0.05) is 12.8 Å². The normalized spacial score (nSPS) is 10.2. The molecule has 9 heteroatoms. The molecule has 0 rings (SSSR count). The van der Waals surface area contributed by atoms with Gasteiger partial charge in [0.15, 0.2) is 0 Å². The highest BCUT2D eigenvalue weighted by Crippen LogP contribution is 2.01. The lowest BCUT2D eigenvalue weighted by atomic mass is 10.2. The Morgan fingerprint density at radius 1 is 0.600 bits per heavy atom. The monoisotopic (exact) mass is 362 g/mol. The first-order valence-electron chi connectivity index (χ1n) is 8.24. The van der Waals surface area contributed by atoms with Crippen LogP contribution in [0.15, 0.2) is 0 Å². The van der Waals surface area contributed by atoms with Crippen molar-refractivity contribution < 1.29 is 43.6 Å². The maximum atomic E-state index is 11.3. The molecule has 0 aliphatic rings. The maximum absolute atomic E-state index is 11.3. The summed E-state index contributed by atoms with van der Waals surface area (Å²) in [6, 6.07) is 0. The zero-order valence-electron chi connectivity index (χ0n) is 14.2. The molecule has 0 saturated carbocycles. The lowest BCUT2D eigenvalue weighted by Gasteiger charge is -2.06. The van der Waals surface area contributed by atoms with E-state index < -0.39 is 23.9 Å². The third-order valence-corrected chi connectivity index (χ3v) is 3.04. The topological polar surface area (TPSA) is 136 Å². The van der Waals surface area contributed by atoms with Crippen LogP contribution in [0, 0.1) is 0 Å². The second-order valence-corrected chi connectivity index (χ2v) is 5.34. The summed E-state index contributed by atoms with van der Waals surface area (Å²) in [6.45, 7) is -0.350. The van der Waals surface area contributed by atoms with Crippen molar-refractivity contribution in [2.24, 2.45) is 0 Å². The highest BCUT2D eigenvalue weighted by molar-refractivity contribution is 5.73. The van der Waals surface area contributed by atoms with E-state index in [1.54, 1.807) is 0 Å². The molecule has 0 aliphatic heterocycles. The van der Waals surface area contributed by atoms with Gasteiger partial charge in [-0.25, -0.2) is 9.59 Å². The van der Waals surface area contributed by atoms with Gasteiger partial charge in [-0.1, -0.05) is 0 Å². The number of unbranched alkanes of at least 4 members (excludes halogenated alkanes) is 4. The number of carbonyl (C=O) groups is 4. The van der Waals surface area contributed by atoms with Crippen LogP contribution in [0.2, 0.25) is 0 Å². The summed E-state index contributed by atoms with van der Waals surface area (Å²) in [5.41, 5.74) is 0. The minimum Gasteiger partial charge on any atom is -0.481 e. The van der Waals surface area contributed by atoms with Crippen molar-refractivity contribution in [3.63, 3.8) is 0 Å². The molecule has 144 valence electrons. The number of carbonyl (C=O) groups excluding carboxylic acids is 2. The fraction of sp³-hybridized carbons (Fsp3) is 0.750. The largest absolute Gasteiger partial charge is 0.481 e. The van der Waals surface area contributed by atoms with Gasteiger partial charge in [-0.3, -0.25) is 9.59 Å². The second-order valence-electron chi connectivity index (χ2n) is 5.34. The first-order valence-corrected chi connectivity index (χ1v) is 8.24. The summed E-state index contributed by atoms with van der Waals surface area (Å²) in [5, 5.41) is 16.9. The number of rotatable bonds is 16. The number of esters is 2. The van der Waals surface area contributed by atoms with Crippen LogP contribution in [0.4, 0.5) is 0 Å². The molecule has 0 aliphatic carbocycles. The molecule has 0 radical (unpaired) electrons. The van der Waals surface area contributed by atoms with Crippen molar-refractivity contribution >= 4 is 23.9 Å². The van der Waals surface area contributed by atoms with E-state index in [-0.39, 0.29) is 39.3 Å². The summed E-state index contributed by atoms with van der Waals surface area (Å²) in [4.78, 5) is 43.2. The van der Waals surface area contributed by atoms with Crippen molar-refractivity contribution in [3.8, 4) is 0 Å². The zero-order valence-corrected chi connectivity index (χ0v) is 14.2. The van der Waals surface area contributed by atoms with Crippen LogP contribution in [0.5, 0.6) is 0 Å². The van der Waals surface area contributed by atoms with E-state index in [4.69, 9.17) is 24.4 Å². The number of ether oxygens (including phenoxy) is 3. The fourth-order valence-corrected chi connectivity index (χ4v) is 1.78. The van der Waals surface area contributed by atoms with E-state index in [0.717, 1.165) is 0 Å². The quantitative estimate of drug-likeness (QED) is 0.308. The van der Waals surface area contributed by atoms with Gasteiger partial charge in [-0.2, -0.15) is 0 Å². The number of hydrogen-bond donors (Lipinski definition) is 2. The second kappa shape index (κ2) is 15.4. The Hall–Kier alpha value is -2.16. The number of carboxylic acid groups (broad SMARTS) is 2. The summed E-state index contributed by atoms with van der Waals surface area (Å²) in [7, 11) is 0. The Morgan fingerprint density at radius 2 is 1.00 bits per heavy atom. The Labute approximate surface area is 146 Å². The molecule has 0 unspecified atom stereocenters. The Kier molecular flexibility index (Phi) is 14.0. The van der Waals surface area contributed by atoms with Crippen molar-refractivity contribution in [1.29, 1.82) is 0 Å². The fourth-order valence-electron chi connectivity index (χ4n) is 1.78. The third-order valence-electron chi connectivity index (χ3n) is 3.04. The molecule has 0 aromatic rings. The minimum atomic E-state index is -0.849. The van der Waals surface area contributed by atoms with E-state index in [9.17, 15) is 19.2 Å². The van der Waals surface area contributed by atoms with Gasteiger partial charge < -0.3 is 24.4 Å². The van der Waals surface area contributed by atoms with Crippen LogP contribution in [0.1, 0.15) is 51.4 Å². The van der Waals surface area contributed by atoms with Crippen LogP contribution < -0.4 is 0 Å². The van der Waals surface area contributed by atoms with E-state index in [2.05, 4.69) is 0 Å². The first-order chi connectivity index (χ1) is 11.9. The van der Waals surface area contributed by atoms with Gasteiger partial charge in [0.2, 0.25) is 0 Å². The third kappa shape index (κ3) is 18.0. The molecule has 0 atom stereocenters. The van der Waals surface area contributed by atoms with Crippen LogP contribution >= 0.6 is 0 Å². The summed E-state index contributed by atoms with van der Waals surface area (Å²) >= 11 is 0. The van der Waals surface area contributed by atoms with Gasteiger partial charge in [0.05, 0.1) is 13.2 Å². The Balaban J connectivity index is 3.41. The number of carboxylic acids is 2. The van der Waals surface area contributed by atoms with Crippen molar-refractivity contribution in [2.75, 3.05) is 26.4 Å². The average Bonchev–Trinajstić information content (AvgIpc) is 2.53. The van der Waals surface area contributed by atoms with E-state index in [0.29, 0.717) is 38.5 Å². The summed E-state index contributed by atoms with van der Waals surface area (Å²) < 4.78 is 14.6. The van der Waals surface area contributed by atoms with Gasteiger partial charge in [0.1, 0.15) is 13.2 Å². The van der Waals surface area contributed by atoms with Crippen LogP contribution in [0.25, 0.3) is 0 Å². The van der Waals surface area contributed by atoms with Crippen molar-refractivity contribution in [1.82, 2.24) is 0 Å². The molecule has 9 nitrogen and oxygen atoms in total. The van der Waals surface area contributed by atoms with Crippen molar-refractivity contribution in [2.45, 2.75) is 51.4 Å². The minimum absolute atomic E-state index is 0.0960. The number of hydrogen-bond acceptors (Lipinski definition) is 7. The van der Waals surface area contributed by atoms with Crippen LogP contribution in [-0.4, -0.2) is 60.5 Å². The molecular weight excluding hydrogens is 336 g/mol. The Morgan fingerprint density at radius 3 is 1.36 bits per heavy atom. The molecular formula is C16H26O9. The smallest absolute Gasteiger partial charge is 0.332 e. The zero-order chi connectivity index (χ0) is 18.9. The molecule has 0 bridgehead atoms. The molecule has 25 heavy (non-hydrogen) atoms. The molecule has 0 spiro atoms. The SMILES string of the molecule is O=C(O)CCCCCOC(=O)COCC(=O)OCCCCCC(=O)O. The highest BCUT2D eigenvalue weighted by Gasteiger charge is 2.07. The molecule has 2 N–H and O–H groups in total. The van der Waals surface area contributed by atoms with Gasteiger partial charge >= 0.3 is 23.9 Å². The standard InChI is InChI=1S/C16H26O9/c17-13(18)7-3-1-5-9-24-15(21)11-23-12-16(22)25-10-6-2-4-8-14(19)20/h1-12H2,(H,17,18)(H,19,20). The average molecular weight is 362 g/mol. The van der Waals surface area contributed by atoms with Gasteiger partial charge in [-0.05, 0) is 38.5 Å². The highest BCUT2D eigenvalue weighted by atomic mass is 16.6. The first kappa shape index (κ1) is 22.8. The Bertz CT molecular complexity index is 382. The predicted octanol–water partition coefficient (Wildman–Crippen LogP) is 1.38. The predicted molar refractivity (Wildman–Crippen MR) is 84.9 cm³/mol. The molecule has 0 fully saturated rings. The molecule has 0 saturated heterocycles. The maximum Gasteiger partial charge on any atom is 0.332 e. The molecule has 0 heterocycles. The number of aliphatic carboxylic acids is 2. The van der Waals surface area contributed by atoms with Crippen LogP contribution in [0.3, 0.4) is 0 Å². The van der Waals surface area contributed by atoms with E-state index in [1.807, 2.05) is 0 Å². The molecule has 0 aromatic carbocycles. The lowest BCUT2D eigenvalue weighted by molar-refractivity contribution is -0.155. The van der Waals surface area contributed by atoms with Gasteiger partial charge in [0.25, 0.3) is 0 Å². The molecule has 0 aromatic heterocycles. The van der Waals surface area contributed by atoms with E-state index >= 15 is 0 Å². The van der Waals surface area contributed by atoms with E-state index in [1.165, 1.54) is 0 Å². The van der Waals surface area contributed by atoms with Crippen LogP contribution in [-0.2, 0) is 33.4 Å². The lowest BCUT2D eigenvalue weighted by Crippen LogP contribution is -2.19. The van der Waals surface area contributed by atoms with Gasteiger partial charge in [-0.15, -0.1) is 0 Å². The molecule has 0 amide bonds.